The van der Waals surface area contributed by atoms with Crippen LogP contribution in [0, 0.1) is 11.7 Å². The summed E-state index contributed by atoms with van der Waals surface area (Å²) in [6.45, 7) is 6.74. The van der Waals surface area contributed by atoms with E-state index >= 15 is 0 Å². The van der Waals surface area contributed by atoms with Crippen molar-refractivity contribution in [2.45, 2.75) is 39.8 Å². The fourth-order valence-corrected chi connectivity index (χ4v) is 1.69. The molecule has 1 aromatic rings. The molecule has 0 aliphatic rings. The Morgan fingerprint density at radius 2 is 2.11 bits per heavy atom. The molecular formula is C14H21FN2O. The Kier molecular flexibility index (Phi) is 5.28. The first-order chi connectivity index (χ1) is 8.45. The number of hydrogen-bond donors (Lipinski definition) is 2. The van der Waals surface area contributed by atoms with E-state index in [0.29, 0.717) is 29.6 Å². The molecule has 1 aromatic carbocycles. The van der Waals surface area contributed by atoms with E-state index in [0.717, 1.165) is 6.42 Å². The van der Waals surface area contributed by atoms with Crippen molar-refractivity contribution in [1.82, 2.24) is 5.32 Å². The average molecular weight is 252 g/mol. The second-order valence-electron chi connectivity index (χ2n) is 4.73. The number of nitrogens with two attached hydrogens (primary N) is 1. The lowest BCUT2D eigenvalue weighted by molar-refractivity contribution is 0.1000. The molecule has 0 aliphatic carbocycles. The molecule has 0 aromatic heterocycles. The zero-order valence-electron chi connectivity index (χ0n) is 11.2. The van der Waals surface area contributed by atoms with Gasteiger partial charge in [0.15, 0.2) is 0 Å². The summed E-state index contributed by atoms with van der Waals surface area (Å²) in [4.78, 5) is 11.0. The molecule has 3 nitrogen and oxygen atoms in total. The number of halogens is 1. The standard InChI is InChI=1S/C14H21FN2O/c1-4-9(2)10(3)17-8-12-7-11(14(16)18)5-6-13(12)15/h5-7,9-10,17H,4,8H2,1-3H3,(H2,16,18). The molecule has 100 valence electrons. The summed E-state index contributed by atoms with van der Waals surface area (Å²) >= 11 is 0. The van der Waals surface area contributed by atoms with Crippen molar-refractivity contribution in [3.05, 3.63) is 35.1 Å². The zero-order chi connectivity index (χ0) is 13.7. The van der Waals surface area contributed by atoms with Gasteiger partial charge in [0.2, 0.25) is 5.91 Å². The molecule has 0 aliphatic heterocycles. The monoisotopic (exact) mass is 252 g/mol. The van der Waals surface area contributed by atoms with Gasteiger partial charge >= 0.3 is 0 Å². The minimum atomic E-state index is -0.536. The predicted octanol–water partition coefficient (Wildman–Crippen LogP) is 2.45. The van der Waals surface area contributed by atoms with Crippen LogP contribution in [0.4, 0.5) is 4.39 Å². The first-order valence-electron chi connectivity index (χ1n) is 6.27. The van der Waals surface area contributed by atoms with Crippen LogP contribution in [0.1, 0.15) is 43.1 Å². The van der Waals surface area contributed by atoms with Crippen LogP contribution in [0.5, 0.6) is 0 Å². The van der Waals surface area contributed by atoms with Gasteiger partial charge in [-0.1, -0.05) is 20.3 Å². The van der Waals surface area contributed by atoms with Gasteiger partial charge in [-0.25, -0.2) is 4.39 Å². The van der Waals surface area contributed by atoms with Crippen molar-refractivity contribution < 1.29 is 9.18 Å². The summed E-state index contributed by atoms with van der Waals surface area (Å²) in [7, 11) is 0. The van der Waals surface area contributed by atoms with E-state index in [1.807, 2.05) is 0 Å². The Balaban J connectivity index is 2.72. The quantitative estimate of drug-likeness (QED) is 0.817. The highest BCUT2D eigenvalue weighted by Gasteiger charge is 2.11. The molecule has 18 heavy (non-hydrogen) atoms. The molecular weight excluding hydrogens is 231 g/mol. The third kappa shape index (κ3) is 3.81. The third-order valence-electron chi connectivity index (χ3n) is 3.44. The molecule has 0 spiro atoms. The first kappa shape index (κ1) is 14.6. The second-order valence-corrected chi connectivity index (χ2v) is 4.73. The predicted molar refractivity (Wildman–Crippen MR) is 70.7 cm³/mol. The van der Waals surface area contributed by atoms with Gasteiger partial charge in [0.25, 0.3) is 0 Å². The molecule has 0 heterocycles. The maximum atomic E-state index is 13.6. The van der Waals surface area contributed by atoms with E-state index in [4.69, 9.17) is 5.73 Å². The summed E-state index contributed by atoms with van der Waals surface area (Å²) in [5.41, 5.74) is 5.99. The molecule has 0 saturated heterocycles. The topological polar surface area (TPSA) is 55.1 Å². The van der Waals surface area contributed by atoms with Gasteiger partial charge in [-0.05, 0) is 31.0 Å². The van der Waals surface area contributed by atoms with Crippen molar-refractivity contribution >= 4 is 5.91 Å². The second kappa shape index (κ2) is 6.50. The summed E-state index contributed by atoms with van der Waals surface area (Å²) in [6, 6.07) is 4.49. The van der Waals surface area contributed by atoms with Crippen molar-refractivity contribution in [3.8, 4) is 0 Å². The van der Waals surface area contributed by atoms with Crippen LogP contribution in [-0.2, 0) is 6.54 Å². The molecule has 0 bridgehead atoms. The molecule has 2 unspecified atom stereocenters. The van der Waals surface area contributed by atoms with Gasteiger partial charge in [0.05, 0.1) is 0 Å². The fourth-order valence-electron chi connectivity index (χ4n) is 1.69. The summed E-state index contributed by atoms with van der Waals surface area (Å²) in [6.07, 6.45) is 1.07. The number of amides is 1. The van der Waals surface area contributed by atoms with Crippen molar-refractivity contribution in [2.24, 2.45) is 11.7 Å². The van der Waals surface area contributed by atoms with Gasteiger partial charge in [-0.15, -0.1) is 0 Å². The normalized spacial score (nSPS) is 14.2. The summed E-state index contributed by atoms with van der Waals surface area (Å²) < 4.78 is 13.6. The van der Waals surface area contributed by atoms with Gasteiger partial charge in [0, 0.05) is 23.7 Å². The van der Waals surface area contributed by atoms with Crippen LogP contribution < -0.4 is 11.1 Å². The van der Waals surface area contributed by atoms with Crippen LogP contribution >= 0.6 is 0 Å². The minimum Gasteiger partial charge on any atom is -0.366 e. The highest BCUT2D eigenvalue weighted by Crippen LogP contribution is 2.12. The van der Waals surface area contributed by atoms with Crippen LogP contribution in [0.15, 0.2) is 18.2 Å². The van der Waals surface area contributed by atoms with Crippen molar-refractivity contribution in [2.75, 3.05) is 0 Å². The Bertz CT molecular complexity index is 420. The van der Waals surface area contributed by atoms with Crippen molar-refractivity contribution in [3.63, 3.8) is 0 Å². The number of nitrogens with one attached hydrogen (secondary N) is 1. The van der Waals surface area contributed by atoms with Crippen molar-refractivity contribution in [1.29, 1.82) is 0 Å². The zero-order valence-corrected chi connectivity index (χ0v) is 11.2. The van der Waals surface area contributed by atoms with Crippen LogP contribution in [0.2, 0.25) is 0 Å². The van der Waals surface area contributed by atoms with E-state index in [1.165, 1.54) is 18.2 Å². The number of hydrogen-bond acceptors (Lipinski definition) is 2. The first-order valence-corrected chi connectivity index (χ1v) is 6.27. The molecule has 2 atom stereocenters. The lowest BCUT2D eigenvalue weighted by Gasteiger charge is -2.20. The minimum absolute atomic E-state index is 0.298. The van der Waals surface area contributed by atoms with E-state index in [9.17, 15) is 9.18 Å². The van der Waals surface area contributed by atoms with E-state index in [2.05, 4.69) is 26.1 Å². The summed E-state index contributed by atoms with van der Waals surface area (Å²) in [5, 5.41) is 3.26. The van der Waals surface area contributed by atoms with Gasteiger partial charge < -0.3 is 11.1 Å². The number of benzene rings is 1. The molecule has 3 N–H and O–H groups in total. The Morgan fingerprint density at radius 3 is 2.67 bits per heavy atom. The highest BCUT2D eigenvalue weighted by atomic mass is 19.1. The van der Waals surface area contributed by atoms with E-state index in [-0.39, 0.29) is 5.82 Å². The lowest BCUT2D eigenvalue weighted by atomic mass is 10.0. The fraction of sp³-hybridized carbons (Fsp3) is 0.500. The number of carbonyl (C=O) groups is 1. The van der Waals surface area contributed by atoms with Crippen LogP contribution in [0.25, 0.3) is 0 Å². The Morgan fingerprint density at radius 1 is 1.44 bits per heavy atom. The maximum absolute atomic E-state index is 13.6. The lowest BCUT2D eigenvalue weighted by Crippen LogP contribution is -2.31. The van der Waals surface area contributed by atoms with Gasteiger partial charge in [0.1, 0.15) is 5.82 Å². The number of rotatable bonds is 6. The van der Waals surface area contributed by atoms with E-state index < -0.39 is 5.91 Å². The highest BCUT2D eigenvalue weighted by molar-refractivity contribution is 5.92. The van der Waals surface area contributed by atoms with E-state index in [1.54, 1.807) is 0 Å². The smallest absolute Gasteiger partial charge is 0.248 e. The molecule has 4 heteroatoms. The molecule has 0 radical (unpaired) electrons. The average Bonchev–Trinajstić information content (AvgIpc) is 2.36. The van der Waals surface area contributed by atoms with Crippen LogP contribution in [0.3, 0.4) is 0 Å². The Labute approximate surface area is 108 Å². The molecule has 0 fully saturated rings. The molecule has 1 amide bonds. The van der Waals surface area contributed by atoms with Crippen LogP contribution in [-0.4, -0.2) is 11.9 Å². The van der Waals surface area contributed by atoms with Gasteiger partial charge in [-0.3, -0.25) is 4.79 Å². The molecule has 0 saturated carbocycles. The number of primary amides is 1. The number of carbonyl (C=O) groups excluding carboxylic acids is 1. The maximum Gasteiger partial charge on any atom is 0.248 e. The SMILES string of the molecule is CCC(C)C(C)NCc1cc(C(N)=O)ccc1F. The third-order valence-corrected chi connectivity index (χ3v) is 3.44. The Hall–Kier alpha value is -1.42. The largest absolute Gasteiger partial charge is 0.366 e. The molecule has 1 rings (SSSR count). The summed E-state index contributed by atoms with van der Waals surface area (Å²) in [5.74, 6) is -0.331. The van der Waals surface area contributed by atoms with Gasteiger partial charge in [-0.2, -0.15) is 0 Å².